The molecule has 0 saturated carbocycles. The van der Waals surface area contributed by atoms with Gasteiger partial charge in [0.25, 0.3) is 0 Å². The largest absolute Gasteiger partial charge is 0.346 e. The molecule has 3 heteroatoms. The zero-order valence-electron chi connectivity index (χ0n) is 15.2. The Labute approximate surface area is 154 Å². The molecule has 0 radical (unpaired) electrons. The molecule has 2 unspecified atom stereocenters. The Kier molecular flexibility index (Phi) is 3.71. The molecule has 3 heterocycles. The second-order valence-corrected chi connectivity index (χ2v) is 7.65. The fourth-order valence-electron chi connectivity index (χ4n) is 5.16. The molecule has 5 rings (SSSR count). The molecule has 0 N–H and O–H groups in total. The van der Waals surface area contributed by atoms with Crippen molar-refractivity contribution < 1.29 is 4.79 Å². The predicted octanol–water partition coefficient (Wildman–Crippen LogP) is 4.37. The van der Waals surface area contributed by atoms with Crippen molar-refractivity contribution >= 4 is 16.7 Å². The van der Waals surface area contributed by atoms with Gasteiger partial charge in [-0.05, 0) is 37.4 Å². The summed E-state index contributed by atoms with van der Waals surface area (Å²) in [5, 5.41) is 1.36. The number of aryl methyl sites for hydroxylation is 1. The third kappa shape index (κ3) is 2.27. The molecule has 26 heavy (non-hydrogen) atoms. The maximum atomic E-state index is 13.4. The summed E-state index contributed by atoms with van der Waals surface area (Å²) in [5.74, 6) is 0.353. The summed E-state index contributed by atoms with van der Waals surface area (Å²) in [5.41, 5.74) is 4.96. The highest BCUT2D eigenvalue weighted by molar-refractivity contribution is 5.98. The number of carbonyl (C=O) groups excluding carboxylic acids is 1. The number of hydrogen-bond donors (Lipinski definition) is 0. The lowest BCUT2D eigenvalue weighted by Crippen LogP contribution is -2.46. The van der Waals surface area contributed by atoms with Crippen molar-refractivity contribution in [2.75, 3.05) is 13.1 Å². The van der Waals surface area contributed by atoms with Crippen molar-refractivity contribution in [3.8, 4) is 0 Å². The van der Waals surface area contributed by atoms with Gasteiger partial charge in [0.15, 0.2) is 5.78 Å². The van der Waals surface area contributed by atoms with E-state index in [1.165, 1.54) is 22.2 Å². The fourth-order valence-corrected chi connectivity index (χ4v) is 5.16. The van der Waals surface area contributed by atoms with Crippen molar-refractivity contribution in [1.29, 1.82) is 0 Å². The van der Waals surface area contributed by atoms with Gasteiger partial charge < -0.3 is 4.57 Å². The highest BCUT2D eigenvalue weighted by Gasteiger charge is 2.42. The van der Waals surface area contributed by atoms with Crippen LogP contribution in [0, 0.1) is 5.92 Å². The first kappa shape index (κ1) is 15.8. The lowest BCUT2D eigenvalue weighted by atomic mass is 9.78. The van der Waals surface area contributed by atoms with Gasteiger partial charge in [-0.2, -0.15) is 0 Å². The van der Waals surface area contributed by atoms with Crippen LogP contribution in [-0.2, 0) is 13.5 Å². The van der Waals surface area contributed by atoms with E-state index < -0.39 is 0 Å². The number of carbonyl (C=O) groups is 1. The van der Waals surface area contributed by atoms with Gasteiger partial charge in [0.2, 0.25) is 0 Å². The van der Waals surface area contributed by atoms with E-state index >= 15 is 0 Å². The van der Waals surface area contributed by atoms with Crippen molar-refractivity contribution in [1.82, 2.24) is 9.47 Å². The summed E-state index contributed by atoms with van der Waals surface area (Å²) in [4.78, 5) is 15.9. The van der Waals surface area contributed by atoms with Crippen LogP contribution in [-0.4, -0.2) is 28.3 Å². The van der Waals surface area contributed by atoms with E-state index in [0.29, 0.717) is 5.78 Å². The highest BCUT2D eigenvalue weighted by atomic mass is 16.1. The zero-order chi connectivity index (χ0) is 17.7. The standard InChI is InChI=1S/C23H24N2O/c1-24-20-12-6-5-10-17(20)18-13-15-25-14-7-11-19(22(25)21(18)24)23(26)16-8-3-2-4-9-16/h2-6,8-10,12,19,22H,7,11,13-15H2,1H3. The van der Waals surface area contributed by atoms with Crippen LogP contribution in [0.4, 0.5) is 0 Å². The quantitative estimate of drug-likeness (QED) is 0.645. The second-order valence-electron chi connectivity index (χ2n) is 7.65. The first-order chi connectivity index (χ1) is 12.8. The van der Waals surface area contributed by atoms with Crippen LogP contribution in [0.3, 0.4) is 0 Å². The van der Waals surface area contributed by atoms with E-state index in [-0.39, 0.29) is 12.0 Å². The molecule has 0 aliphatic carbocycles. The minimum atomic E-state index is 0.0493. The van der Waals surface area contributed by atoms with E-state index in [4.69, 9.17) is 0 Å². The number of benzene rings is 2. The molecular formula is C23H24N2O. The van der Waals surface area contributed by atoms with E-state index in [9.17, 15) is 4.79 Å². The van der Waals surface area contributed by atoms with Gasteiger partial charge in [-0.1, -0.05) is 48.5 Å². The van der Waals surface area contributed by atoms with Gasteiger partial charge in [0.1, 0.15) is 0 Å². The maximum absolute atomic E-state index is 13.4. The molecule has 0 bridgehead atoms. The summed E-state index contributed by atoms with van der Waals surface area (Å²) >= 11 is 0. The molecule has 132 valence electrons. The number of rotatable bonds is 2. The summed E-state index contributed by atoms with van der Waals surface area (Å²) in [6.07, 6.45) is 3.17. The van der Waals surface area contributed by atoms with Gasteiger partial charge in [-0.15, -0.1) is 0 Å². The molecule has 2 aromatic carbocycles. The maximum Gasteiger partial charge on any atom is 0.167 e. The van der Waals surface area contributed by atoms with Crippen LogP contribution in [0.2, 0.25) is 0 Å². The molecule has 0 amide bonds. The van der Waals surface area contributed by atoms with Crippen LogP contribution in [0.5, 0.6) is 0 Å². The van der Waals surface area contributed by atoms with Crippen LogP contribution in [0.15, 0.2) is 54.6 Å². The van der Waals surface area contributed by atoms with Crippen molar-refractivity contribution in [2.24, 2.45) is 13.0 Å². The summed E-state index contributed by atoms with van der Waals surface area (Å²) in [7, 11) is 2.17. The smallest absolute Gasteiger partial charge is 0.167 e. The van der Waals surface area contributed by atoms with Gasteiger partial charge in [-0.3, -0.25) is 9.69 Å². The Morgan fingerprint density at radius 3 is 2.62 bits per heavy atom. The minimum Gasteiger partial charge on any atom is -0.346 e. The molecule has 2 atom stereocenters. The Hall–Kier alpha value is -2.39. The number of hydrogen-bond acceptors (Lipinski definition) is 2. The number of aromatic nitrogens is 1. The Bertz CT molecular complexity index is 973. The molecule has 2 aliphatic rings. The first-order valence-electron chi connectivity index (χ1n) is 9.65. The highest BCUT2D eigenvalue weighted by Crippen LogP contribution is 2.44. The van der Waals surface area contributed by atoms with E-state index in [1.807, 2.05) is 30.3 Å². The molecule has 0 spiro atoms. The monoisotopic (exact) mass is 344 g/mol. The van der Waals surface area contributed by atoms with Gasteiger partial charge in [0, 0.05) is 41.7 Å². The van der Waals surface area contributed by atoms with Crippen molar-refractivity contribution in [3.63, 3.8) is 0 Å². The third-order valence-electron chi connectivity index (χ3n) is 6.32. The van der Waals surface area contributed by atoms with Crippen LogP contribution >= 0.6 is 0 Å². The summed E-state index contributed by atoms with van der Waals surface area (Å²) in [6, 6.07) is 18.7. The van der Waals surface area contributed by atoms with Crippen LogP contribution in [0.1, 0.15) is 40.5 Å². The van der Waals surface area contributed by atoms with Gasteiger partial charge >= 0.3 is 0 Å². The Morgan fingerprint density at radius 1 is 1.00 bits per heavy atom. The van der Waals surface area contributed by atoms with Crippen LogP contribution in [0.25, 0.3) is 10.9 Å². The molecule has 3 nitrogen and oxygen atoms in total. The summed E-state index contributed by atoms with van der Waals surface area (Å²) in [6.45, 7) is 2.16. The zero-order valence-corrected chi connectivity index (χ0v) is 15.2. The number of fused-ring (bicyclic) bond motifs is 5. The SMILES string of the molecule is Cn1c2c(c3ccccc31)CCN1CCCC(C(=O)c3ccccc3)C21. The molecule has 3 aromatic rings. The normalized spacial score (nSPS) is 22.8. The number of nitrogens with zero attached hydrogens (tertiary/aromatic N) is 2. The second kappa shape index (κ2) is 6.10. The van der Waals surface area contributed by atoms with Crippen LogP contribution < -0.4 is 0 Å². The lowest BCUT2D eigenvalue weighted by molar-refractivity contribution is 0.0567. The molecule has 1 aromatic heterocycles. The average Bonchev–Trinajstić information content (AvgIpc) is 3.00. The molecule has 1 saturated heterocycles. The number of ketones is 1. The molecular weight excluding hydrogens is 320 g/mol. The Morgan fingerprint density at radius 2 is 1.77 bits per heavy atom. The number of piperidine rings is 1. The minimum absolute atomic E-state index is 0.0493. The van der Waals surface area contributed by atoms with E-state index in [1.54, 1.807) is 0 Å². The third-order valence-corrected chi connectivity index (χ3v) is 6.32. The number of Topliss-reactive ketones (excluding diaryl/α,β-unsaturated/α-hetero) is 1. The average molecular weight is 344 g/mol. The predicted molar refractivity (Wildman–Crippen MR) is 104 cm³/mol. The van der Waals surface area contributed by atoms with Crippen molar-refractivity contribution in [3.05, 3.63) is 71.4 Å². The van der Waals surface area contributed by atoms with Gasteiger partial charge in [-0.25, -0.2) is 0 Å². The topological polar surface area (TPSA) is 25.2 Å². The number of para-hydroxylation sites is 1. The van der Waals surface area contributed by atoms with E-state index in [0.717, 1.165) is 37.9 Å². The molecule has 1 fully saturated rings. The summed E-state index contributed by atoms with van der Waals surface area (Å²) < 4.78 is 2.35. The molecule has 2 aliphatic heterocycles. The fraction of sp³-hybridized carbons (Fsp3) is 0.348. The van der Waals surface area contributed by atoms with Crippen molar-refractivity contribution in [2.45, 2.75) is 25.3 Å². The first-order valence-corrected chi connectivity index (χ1v) is 9.65. The van der Waals surface area contributed by atoms with E-state index in [2.05, 4.69) is 40.8 Å². The Balaban J connectivity index is 1.65. The van der Waals surface area contributed by atoms with Gasteiger partial charge in [0.05, 0.1) is 6.04 Å². The lowest BCUT2D eigenvalue weighted by Gasteiger charge is -2.44.